The number of hydrogen-bond acceptors (Lipinski definition) is 1. The molecule has 0 aliphatic heterocycles. The molecule has 2 nitrogen and oxygen atoms in total. The maximum Gasteiger partial charge on any atom is 0.170 e. The molecule has 0 saturated carbocycles. The van der Waals surface area contributed by atoms with Crippen molar-refractivity contribution in [2.24, 2.45) is 5.41 Å². The van der Waals surface area contributed by atoms with Gasteiger partial charge in [-0.15, -0.1) is 0 Å². The van der Waals surface area contributed by atoms with Crippen LogP contribution in [0.3, 0.4) is 0 Å². The van der Waals surface area contributed by atoms with Crippen LogP contribution in [0, 0.1) is 12.3 Å². The van der Waals surface area contributed by atoms with E-state index >= 15 is 0 Å². The van der Waals surface area contributed by atoms with Crippen LogP contribution in [0.15, 0.2) is 24.3 Å². The molecule has 1 aromatic heterocycles. The van der Waals surface area contributed by atoms with Gasteiger partial charge in [-0.3, -0.25) is 4.79 Å². The summed E-state index contributed by atoms with van der Waals surface area (Å²) in [5, 5.41) is 1.08. The Morgan fingerprint density at radius 3 is 2.39 bits per heavy atom. The molecule has 0 atom stereocenters. The zero-order chi connectivity index (χ0) is 13.5. The molecule has 1 aromatic carbocycles. The van der Waals surface area contributed by atoms with Crippen LogP contribution in [0.2, 0.25) is 0 Å². The van der Waals surface area contributed by atoms with Crippen molar-refractivity contribution in [1.29, 1.82) is 0 Å². The summed E-state index contributed by atoms with van der Waals surface area (Å²) < 4.78 is 2.22. The highest BCUT2D eigenvalue weighted by atomic mass is 16.1. The van der Waals surface area contributed by atoms with E-state index in [0.29, 0.717) is 0 Å². The van der Waals surface area contributed by atoms with E-state index in [2.05, 4.69) is 17.6 Å². The first kappa shape index (κ1) is 12.9. The summed E-state index contributed by atoms with van der Waals surface area (Å²) in [6.45, 7) is 11.0. The molecule has 2 heteroatoms. The zero-order valence-corrected chi connectivity index (χ0v) is 11.9. The van der Waals surface area contributed by atoms with Gasteiger partial charge < -0.3 is 4.57 Å². The molecule has 2 aromatic rings. The number of benzene rings is 1. The van der Waals surface area contributed by atoms with Crippen molar-refractivity contribution >= 4 is 16.7 Å². The average molecular weight is 243 g/mol. The predicted molar refractivity (Wildman–Crippen MR) is 76.1 cm³/mol. The molecule has 96 valence electrons. The molecule has 1 heterocycles. The maximum absolute atomic E-state index is 12.6. The van der Waals surface area contributed by atoms with Crippen molar-refractivity contribution in [3.63, 3.8) is 0 Å². The van der Waals surface area contributed by atoms with Crippen LogP contribution in [0.5, 0.6) is 0 Å². The summed E-state index contributed by atoms with van der Waals surface area (Å²) in [5.41, 5.74) is 2.79. The molecule has 0 aliphatic rings. The Hall–Kier alpha value is -1.57. The summed E-state index contributed by atoms with van der Waals surface area (Å²) >= 11 is 0. The zero-order valence-electron chi connectivity index (χ0n) is 11.9. The molecule has 0 amide bonds. The van der Waals surface area contributed by atoms with Crippen LogP contribution >= 0.6 is 0 Å². The van der Waals surface area contributed by atoms with Crippen molar-refractivity contribution < 1.29 is 4.79 Å². The predicted octanol–water partition coefficient (Wildman–Crippen LogP) is 4.20. The van der Waals surface area contributed by atoms with E-state index in [1.807, 2.05) is 45.9 Å². The van der Waals surface area contributed by atoms with Crippen LogP contribution in [-0.4, -0.2) is 10.4 Å². The third kappa shape index (κ3) is 1.86. The SMILES string of the molecule is CCn1c(C)c(C(=O)C(C)(C)C)c2ccccc21. The second kappa shape index (κ2) is 4.27. The number of hydrogen-bond donors (Lipinski definition) is 0. The van der Waals surface area contributed by atoms with Gasteiger partial charge in [0, 0.05) is 34.1 Å². The van der Waals surface area contributed by atoms with Gasteiger partial charge in [-0.2, -0.15) is 0 Å². The fraction of sp³-hybridized carbons (Fsp3) is 0.438. The van der Waals surface area contributed by atoms with Gasteiger partial charge >= 0.3 is 0 Å². The van der Waals surface area contributed by atoms with E-state index in [1.165, 1.54) is 0 Å². The van der Waals surface area contributed by atoms with Crippen LogP contribution in [0.1, 0.15) is 43.7 Å². The molecule has 0 aliphatic carbocycles. The van der Waals surface area contributed by atoms with Gasteiger partial charge in [0.15, 0.2) is 5.78 Å². The summed E-state index contributed by atoms with van der Waals surface area (Å²) in [4.78, 5) is 12.6. The number of nitrogens with zero attached hydrogens (tertiary/aromatic N) is 1. The molecule has 0 unspecified atom stereocenters. The summed E-state index contributed by atoms with van der Waals surface area (Å²) in [6.07, 6.45) is 0. The van der Waals surface area contributed by atoms with Crippen molar-refractivity contribution in [3.05, 3.63) is 35.5 Å². The van der Waals surface area contributed by atoms with Gasteiger partial charge in [-0.1, -0.05) is 39.0 Å². The van der Waals surface area contributed by atoms with Gasteiger partial charge in [0.1, 0.15) is 0 Å². The Morgan fingerprint density at radius 1 is 1.22 bits per heavy atom. The fourth-order valence-electron chi connectivity index (χ4n) is 2.50. The van der Waals surface area contributed by atoms with Crippen LogP contribution in [-0.2, 0) is 6.54 Å². The Bertz CT molecular complexity index is 599. The minimum Gasteiger partial charge on any atom is -0.344 e. The maximum atomic E-state index is 12.6. The first-order valence-electron chi connectivity index (χ1n) is 6.50. The van der Waals surface area contributed by atoms with E-state index < -0.39 is 0 Å². The third-order valence-corrected chi connectivity index (χ3v) is 3.46. The number of para-hydroxylation sites is 1. The smallest absolute Gasteiger partial charge is 0.170 e. The second-order valence-corrected chi connectivity index (χ2v) is 5.80. The molecule has 0 radical (unpaired) electrons. The molecule has 18 heavy (non-hydrogen) atoms. The highest BCUT2D eigenvalue weighted by molar-refractivity contribution is 6.11. The lowest BCUT2D eigenvalue weighted by molar-refractivity contribution is 0.0859. The minimum atomic E-state index is -0.340. The Balaban J connectivity index is 2.79. The van der Waals surface area contributed by atoms with Gasteiger partial charge in [0.05, 0.1) is 0 Å². The van der Waals surface area contributed by atoms with Crippen LogP contribution in [0.25, 0.3) is 10.9 Å². The highest BCUT2D eigenvalue weighted by Crippen LogP contribution is 2.31. The molecule has 2 rings (SSSR count). The van der Waals surface area contributed by atoms with Crippen molar-refractivity contribution in [3.8, 4) is 0 Å². The Kier molecular flexibility index (Phi) is 3.05. The molecule has 0 spiro atoms. The summed E-state index contributed by atoms with van der Waals surface area (Å²) in [6, 6.07) is 8.17. The van der Waals surface area contributed by atoms with Crippen molar-refractivity contribution in [1.82, 2.24) is 4.57 Å². The van der Waals surface area contributed by atoms with E-state index in [1.54, 1.807) is 0 Å². The van der Waals surface area contributed by atoms with Crippen LogP contribution < -0.4 is 0 Å². The standard InChI is InChI=1S/C16H21NO/c1-6-17-11(2)14(15(18)16(3,4)5)12-9-7-8-10-13(12)17/h7-10H,6H2,1-5H3. The monoisotopic (exact) mass is 243 g/mol. The molecular weight excluding hydrogens is 222 g/mol. The number of fused-ring (bicyclic) bond motifs is 1. The van der Waals surface area contributed by atoms with Gasteiger partial charge in [-0.25, -0.2) is 0 Å². The number of carbonyl (C=O) groups is 1. The second-order valence-electron chi connectivity index (χ2n) is 5.80. The summed E-state index contributed by atoms with van der Waals surface area (Å²) in [5.74, 6) is 0.225. The quantitative estimate of drug-likeness (QED) is 0.725. The molecule has 0 N–H and O–H groups in total. The number of rotatable bonds is 2. The minimum absolute atomic E-state index is 0.225. The van der Waals surface area contributed by atoms with E-state index in [4.69, 9.17) is 0 Å². The van der Waals surface area contributed by atoms with E-state index in [0.717, 1.165) is 28.7 Å². The largest absolute Gasteiger partial charge is 0.344 e. The van der Waals surface area contributed by atoms with Crippen LogP contribution in [0.4, 0.5) is 0 Å². The average Bonchev–Trinajstić information content (AvgIpc) is 2.58. The molecule has 0 saturated heterocycles. The number of aryl methyl sites for hydroxylation is 1. The fourth-order valence-corrected chi connectivity index (χ4v) is 2.50. The lowest BCUT2D eigenvalue weighted by atomic mass is 9.85. The van der Waals surface area contributed by atoms with Gasteiger partial charge in [-0.05, 0) is 19.9 Å². The Morgan fingerprint density at radius 2 is 1.83 bits per heavy atom. The normalized spacial score (nSPS) is 12.1. The first-order chi connectivity index (χ1) is 8.38. The third-order valence-electron chi connectivity index (χ3n) is 3.46. The number of carbonyl (C=O) groups excluding carboxylic acids is 1. The number of Topliss-reactive ketones (excluding diaryl/α,β-unsaturated/α-hetero) is 1. The van der Waals surface area contributed by atoms with E-state index in [-0.39, 0.29) is 11.2 Å². The lowest BCUT2D eigenvalue weighted by Gasteiger charge is -2.17. The lowest BCUT2D eigenvalue weighted by Crippen LogP contribution is -2.21. The Labute approximate surface area is 109 Å². The summed E-state index contributed by atoms with van der Waals surface area (Å²) in [7, 11) is 0. The van der Waals surface area contributed by atoms with E-state index in [9.17, 15) is 4.79 Å². The molecule has 0 fully saturated rings. The molecular formula is C16H21NO. The first-order valence-corrected chi connectivity index (χ1v) is 6.50. The highest BCUT2D eigenvalue weighted by Gasteiger charge is 2.28. The van der Waals surface area contributed by atoms with Crippen molar-refractivity contribution in [2.75, 3.05) is 0 Å². The topological polar surface area (TPSA) is 22.0 Å². The number of ketones is 1. The molecule has 0 bridgehead atoms. The number of aromatic nitrogens is 1. The van der Waals surface area contributed by atoms with Gasteiger partial charge in [0.25, 0.3) is 0 Å². The van der Waals surface area contributed by atoms with Crippen molar-refractivity contribution in [2.45, 2.75) is 41.2 Å². The van der Waals surface area contributed by atoms with Gasteiger partial charge in [0.2, 0.25) is 0 Å².